The number of hydrogen-bond acceptors (Lipinski definition) is 3. The molecule has 2 unspecified atom stereocenters. The zero-order chi connectivity index (χ0) is 57.8. The van der Waals surface area contributed by atoms with Crippen LogP contribution >= 0.6 is 0 Å². The van der Waals surface area contributed by atoms with Gasteiger partial charge in [0.25, 0.3) is 0 Å². The van der Waals surface area contributed by atoms with E-state index in [0.29, 0.717) is 67.8 Å². The second-order valence-electron chi connectivity index (χ2n) is 21.3. The molecule has 12 aromatic carbocycles. The number of ether oxygens (including phenoxy) is 2. The topological polar surface area (TPSA) is 21.7 Å². The Kier molecular flexibility index (Phi) is 13.1. The zero-order valence-electron chi connectivity index (χ0n) is 45.8. The Morgan fingerprint density at radius 1 is 0.306 bits per heavy atom. The molecule has 408 valence electrons. The summed E-state index contributed by atoms with van der Waals surface area (Å²) < 4.78 is 81.7. The predicted molar refractivity (Wildman–Crippen MR) is 334 cm³/mol. The van der Waals surface area contributed by atoms with E-state index in [4.69, 9.17) is 9.47 Å². The van der Waals surface area contributed by atoms with Crippen LogP contribution in [0.5, 0.6) is 23.0 Å². The van der Waals surface area contributed by atoms with Gasteiger partial charge in [0.05, 0.1) is 10.8 Å². The third kappa shape index (κ3) is 8.65. The lowest BCUT2D eigenvalue weighted by molar-refractivity contribution is 0.481. The summed E-state index contributed by atoms with van der Waals surface area (Å²) in [5.74, 6) is -0.523. The minimum absolute atomic E-state index is 0.125. The van der Waals surface area contributed by atoms with Gasteiger partial charge in [-0.25, -0.2) is 17.6 Å². The minimum Gasteiger partial charge on any atom is -0.457 e. The second kappa shape index (κ2) is 21.2. The van der Waals surface area contributed by atoms with Gasteiger partial charge in [-0.3, -0.25) is 0 Å². The molecule has 0 bridgehead atoms. The van der Waals surface area contributed by atoms with Gasteiger partial charge in [-0.15, -0.1) is 0 Å². The van der Waals surface area contributed by atoms with E-state index in [1.807, 2.05) is 212 Å². The Morgan fingerprint density at radius 2 is 0.647 bits per heavy atom. The van der Waals surface area contributed by atoms with E-state index < -0.39 is 34.1 Å². The molecule has 3 nitrogen and oxygen atoms in total. The molecule has 0 saturated heterocycles. The smallest absolute Gasteiger partial charge is 0.130 e. The first-order valence-corrected chi connectivity index (χ1v) is 28.0. The van der Waals surface area contributed by atoms with Crippen molar-refractivity contribution < 1.29 is 27.0 Å². The number of rotatable bonds is 14. The Labute approximate surface area is 491 Å². The van der Waals surface area contributed by atoms with Crippen LogP contribution in [-0.2, 0) is 10.8 Å². The Hall–Kier alpha value is -10.8. The standard InChI is InChI=1S/C78H51F4NO2/c1-3-50-24-38-59(39-25-50)84-61-42-30-54(31-43-61)77(75-71(79)20-12-21-72(75)80)67-18-10-8-16-63(67)65-46-36-57(48-69(65)77)83(56-34-28-53(29-35-56)52-14-6-5-7-15-52)58-37-47-66-64-17-9-11-19-68(64)78(70(66)49-58,76-73(81)22-13-23-74(76)82)55-32-44-62(45-33-55)85-60-40-26-51(4-2)27-41-60/h3-49H,1-2H2. The fraction of sp³-hybridized carbons (Fsp3) is 0.0256. The molecular formula is C78H51F4NO2. The molecule has 0 fully saturated rings. The van der Waals surface area contributed by atoms with E-state index in [2.05, 4.69) is 42.3 Å². The second-order valence-corrected chi connectivity index (χ2v) is 21.3. The minimum atomic E-state index is -1.54. The first-order chi connectivity index (χ1) is 41.7. The Bertz CT molecular complexity index is 4250. The van der Waals surface area contributed by atoms with Crippen LogP contribution in [0.1, 0.15) is 55.6 Å². The van der Waals surface area contributed by atoms with Crippen LogP contribution < -0.4 is 14.4 Å². The predicted octanol–water partition coefficient (Wildman–Crippen LogP) is 21.0. The molecule has 0 amide bonds. The lowest BCUT2D eigenvalue weighted by atomic mass is 9.67. The van der Waals surface area contributed by atoms with Crippen molar-refractivity contribution in [3.05, 3.63) is 365 Å². The average molecular weight is 1110 g/mol. The van der Waals surface area contributed by atoms with E-state index >= 15 is 17.6 Å². The summed E-state index contributed by atoms with van der Waals surface area (Å²) in [6.45, 7) is 7.74. The van der Waals surface area contributed by atoms with Crippen LogP contribution in [0.3, 0.4) is 0 Å². The van der Waals surface area contributed by atoms with Crippen molar-refractivity contribution in [1.82, 2.24) is 0 Å². The van der Waals surface area contributed by atoms with E-state index in [9.17, 15) is 0 Å². The summed E-state index contributed by atoms with van der Waals surface area (Å²) in [6, 6.07) is 84.1. The number of halogens is 4. The molecule has 0 spiro atoms. The highest BCUT2D eigenvalue weighted by molar-refractivity contribution is 5.93. The Morgan fingerprint density at radius 3 is 1.05 bits per heavy atom. The van der Waals surface area contributed by atoms with Crippen molar-refractivity contribution >= 4 is 29.2 Å². The first-order valence-electron chi connectivity index (χ1n) is 28.0. The maximum atomic E-state index is 17.3. The first kappa shape index (κ1) is 52.3. The van der Waals surface area contributed by atoms with Crippen LogP contribution in [-0.4, -0.2) is 0 Å². The molecule has 0 heterocycles. The molecule has 7 heteroatoms. The molecule has 0 N–H and O–H groups in total. The van der Waals surface area contributed by atoms with Crippen molar-refractivity contribution in [2.75, 3.05) is 4.90 Å². The molecule has 2 atom stereocenters. The summed E-state index contributed by atoms with van der Waals surface area (Å²) in [6.07, 6.45) is 3.53. The monoisotopic (exact) mass is 1110 g/mol. The summed E-state index contributed by atoms with van der Waals surface area (Å²) in [5.41, 5.74) is 9.81. The molecule has 0 aromatic heterocycles. The number of benzene rings is 12. The van der Waals surface area contributed by atoms with Crippen molar-refractivity contribution in [3.63, 3.8) is 0 Å². The van der Waals surface area contributed by atoms with Gasteiger partial charge in [0, 0.05) is 28.2 Å². The summed E-state index contributed by atoms with van der Waals surface area (Å²) in [7, 11) is 0. The fourth-order valence-corrected chi connectivity index (χ4v) is 13.0. The molecular weight excluding hydrogens is 1060 g/mol. The van der Waals surface area contributed by atoms with Crippen LogP contribution in [0.25, 0.3) is 45.5 Å². The zero-order valence-corrected chi connectivity index (χ0v) is 45.8. The highest BCUT2D eigenvalue weighted by Gasteiger charge is 2.51. The van der Waals surface area contributed by atoms with Gasteiger partial charge in [0.1, 0.15) is 46.3 Å². The fourth-order valence-electron chi connectivity index (χ4n) is 13.0. The van der Waals surface area contributed by atoms with Gasteiger partial charge in [-0.2, -0.15) is 0 Å². The highest BCUT2D eigenvalue weighted by atomic mass is 19.1. The van der Waals surface area contributed by atoms with Gasteiger partial charge in [0.2, 0.25) is 0 Å². The molecule has 0 saturated carbocycles. The quantitative estimate of drug-likeness (QED) is 0.101. The van der Waals surface area contributed by atoms with E-state index in [-0.39, 0.29) is 11.1 Å². The van der Waals surface area contributed by atoms with Crippen molar-refractivity contribution in [3.8, 4) is 56.4 Å². The highest BCUT2D eigenvalue weighted by Crippen LogP contribution is 2.61. The van der Waals surface area contributed by atoms with Crippen LogP contribution in [0, 0.1) is 23.3 Å². The van der Waals surface area contributed by atoms with Crippen molar-refractivity contribution in [2.45, 2.75) is 10.8 Å². The SMILES string of the molecule is C=Cc1ccc(Oc2ccc(C3(c4c(F)cccc4F)c4ccccc4-c4ccc(N(c5ccc(-c6ccccc6)cc5)c5ccc6c(c5)C(c5ccc(Oc7ccc(C=C)cc7)cc5)(c5c(F)cccc5F)c5ccccc5-6)cc43)cc2)cc1. The molecule has 12 aromatic rings. The number of hydrogen-bond donors (Lipinski definition) is 0. The number of fused-ring (bicyclic) bond motifs is 6. The Balaban J connectivity index is 0.990. The van der Waals surface area contributed by atoms with Crippen LogP contribution in [0.15, 0.2) is 286 Å². The summed E-state index contributed by atoms with van der Waals surface area (Å²) >= 11 is 0. The van der Waals surface area contributed by atoms with Gasteiger partial charge >= 0.3 is 0 Å². The molecule has 2 aliphatic carbocycles. The molecule has 0 aliphatic heterocycles. The van der Waals surface area contributed by atoms with Gasteiger partial charge in [-0.05, 0) is 187 Å². The summed E-state index contributed by atoms with van der Waals surface area (Å²) in [4.78, 5) is 2.11. The lowest BCUT2D eigenvalue weighted by Crippen LogP contribution is -2.31. The van der Waals surface area contributed by atoms with Crippen LogP contribution in [0.2, 0.25) is 0 Å². The number of nitrogens with zero attached hydrogens (tertiary/aromatic N) is 1. The van der Waals surface area contributed by atoms with Crippen LogP contribution in [0.4, 0.5) is 34.6 Å². The van der Waals surface area contributed by atoms with E-state index in [1.165, 1.54) is 36.4 Å². The van der Waals surface area contributed by atoms with Gasteiger partial charge in [0.15, 0.2) is 0 Å². The van der Waals surface area contributed by atoms with Gasteiger partial charge < -0.3 is 14.4 Å². The van der Waals surface area contributed by atoms with Gasteiger partial charge in [-0.1, -0.05) is 189 Å². The van der Waals surface area contributed by atoms with E-state index in [0.717, 1.165) is 50.2 Å². The third-order valence-electron chi connectivity index (χ3n) is 16.8. The van der Waals surface area contributed by atoms with Crippen molar-refractivity contribution in [1.29, 1.82) is 0 Å². The molecule has 2 aliphatic rings. The third-order valence-corrected chi connectivity index (χ3v) is 16.8. The van der Waals surface area contributed by atoms with Crippen molar-refractivity contribution in [2.24, 2.45) is 0 Å². The molecule has 85 heavy (non-hydrogen) atoms. The maximum absolute atomic E-state index is 17.3. The number of anilines is 3. The lowest BCUT2D eigenvalue weighted by Gasteiger charge is -2.36. The summed E-state index contributed by atoms with van der Waals surface area (Å²) in [5, 5.41) is 0. The molecule has 14 rings (SSSR count). The maximum Gasteiger partial charge on any atom is 0.130 e. The van der Waals surface area contributed by atoms with E-state index in [1.54, 1.807) is 12.2 Å². The average Bonchev–Trinajstić information content (AvgIpc) is 1.78. The normalized spacial score (nSPS) is 15.2. The molecule has 0 radical (unpaired) electrons. The largest absolute Gasteiger partial charge is 0.457 e.